The highest BCUT2D eigenvalue weighted by molar-refractivity contribution is 7.99. The second kappa shape index (κ2) is 7.24. The van der Waals surface area contributed by atoms with Crippen molar-refractivity contribution in [2.24, 2.45) is 5.92 Å². The van der Waals surface area contributed by atoms with Gasteiger partial charge >= 0.3 is 0 Å². The minimum Gasteiger partial charge on any atom is -0.126 e. The third kappa shape index (κ3) is 4.03. The summed E-state index contributed by atoms with van der Waals surface area (Å²) in [6, 6.07) is 6.22. The third-order valence-corrected chi connectivity index (χ3v) is 4.48. The van der Waals surface area contributed by atoms with E-state index in [-0.39, 0.29) is 0 Å². The van der Waals surface area contributed by atoms with Crippen LogP contribution >= 0.6 is 23.4 Å². The quantitative estimate of drug-likeness (QED) is 0.612. The number of hydrogen-bond acceptors (Lipinski definition) is 1. The molecule has 1 aromatic rings. The minimum atomic E-state index is 0.830. The molecule has 1 aromatic carbocycles. The fourth-order valence-corrected chi connectivity index (χ4v) is 3.30. The van der Waals surface area contributed by atoms with E-state index in [2.05, 4.69) is 26.8 Å². The maximum Gasteiger partial charge on any atom is 0.0449 e. The largest absolute Gasteiger partial charge is 0.126 e. The summed E-state index contributed by atoms with van der Waals surface area (Å²) in [6.45, 7) is 6.74. The third-order valence-electron chi connectivity index (χ3n) is 2.99. The molecule has 1 atom stereocenters. The van der Waals surface area contributed by atoms with Crippen LogP contribution in [0.5, 0.6) is 0 Å². The normalized spacial score (nSPS) is 12.8. The maximum atomic E-state index is 6.18. The first kappa shape index (κ1) is 13.9. The molecule has 0 bridgehead atoms. The molecule has 0 radical (unpaired) electrons. The van der Waals surface area contributed by atoms with Crippen molar-refractivity contribution in [3.63, 3.8) is 0 Å². The zero-order valence-corrected chi connectivity index (χ0v) is 12.0. The van der Waals surface area contributed by atoms with Gasteiger partial charge in [0.2, 0.25) is 0 Å². The maximum absolute atomic E-state index is 6.18. The predicted octanol–water partition coefficient (Wildman–Crippen LogP) is 5.43. The van der Waals surface area contributed by atoms with Crippen molar-refractivity contribution in [2.75, 3.05) is 5.75 Å². The summed E-state index contributed by atoms with van der Waals surface area (Å²) in [7, 11) is 0. The molecule has 0 amide bonds. The summed E-state index contributed by atoms with van der Waals surface area (Å²) in [5, 5.41) is 0.913. The lowest BCUT2D eigenvalue weighted by molar-refractivity contribution is 0.549. The van der Waals surface area contributed by atoms with E-state index in [1.54, 1.807) is 0 Å². The Labute approximate surface area is 109 Å². The Morgan fingerprint density at radius 2 is 2.06 bits per heavy atom. The molecule has 0 nitrogen and oxygen atoms in total. The van der Waals surface area contributed by atoms with Crippen LogP contribution in [0.25, 0.3) is 0 Å². The van der Waals surface area contributed by atoms with Crippen LogP contribution in [0.2, 0.25) is 5.02 Å². The van der Waals surface area contributed by atoms with Crippen molar-refractivity contribution in [3.05, 3.63) is 28.8 Å². The van der Waals surface area contributed by atoms with Crippen LogP contribution in [0.3, 0.4) is 0 Å². The van der Waals surface area contributed by atoms with Gasteiger partial charge in [-0.1, -0.05) is 44.9 Å². The molecule has 0 fully saturated rings. The van der Waals surface area contributed by atoms with Crippen LogP contribution in [0.15, 0.2) is 23.1 Å². The van der Waals surface area contributed by atoms with E-state index in [9.17, 15) is 0 Å². The van der Waals surface area contributed by atoms with Crippen LogP contribution < -0.4 is 0 Å². The second-order valence-corrected chi connectivity index (χ2v) is 5.76. The van der Waals surface area contributed by atoms with E-state index in [1.807, 2.05) is 23.9 Å². The molecule has 1 unspecified atom stereocenters. The average molecular weight is 257 g/mol. The smallest absolute Gasteiger partial charge is 0.0449 e. The van der Waals surface area contributed by atoms with Crippen molar-refractivity contribution < 1.29 is 0 Å². The summed E-state index contributed by atoms with van der Waals surface area (Å²) in [5.74, 6) is 2.03. The molecular formula is C14H21ClS. The lowest BCUT2D eigenvalue weighted by Crippen LogP contribution is -1.95. The fourth-order valence-electron chi connectivity index (χ4n) is 1.59. The van der Waals surface area contributed by atoms with Crippen molar-refractivity contribution in [3.8, 4) is 0 Å². The van der Waals surface area contributed by atoms with E-state index < -0.39 is 0 Å². The van der Waals surface area contributed by atoms with E-state index in [0.29, 0.717) is 0 Å². The number of rotatable bonds is 6. The summed E-state index contributed by atoms with van der Waals surface area (Å²) in [6.07, 6.45) is 3.58. The van der Waals surface area contributed by atoms with Gasteiger partial charge in [-0.05, 0) is 42.2 Å². The molecule has 0 spiro atoms. The highest BCUT2D eigenvalue weighted by Gasteiger charge is 2.06. The SMILES string of the molecule is CCc1c(Cl)cccc1SCCC(C)CC. The molecule has 2 heteroatoms. The van der Waals surface area contributed by atoms with Crippen molar-refractivity contribution in [1.82, 2.24) is 0 Å². The van der Waals surface area contributed by atoms with Gasteiger partial charge in [0.05, 0.1) is 0 Å². The van der Waals surface area contributed by atoms with Crippen LogP contribution in [-0.2, 0) is 6.42 Å². The Morgan fingerprint density at radius 1 is 1.31 bits per heavy atom. The molecule has 90 valence electrons. The van der Waals surface area contributed by atoms with Gasteiger partial charge in [-0.25, -0.2) is 0 Å². The first-order valence-corrected chi connectivity index (χ1v) is 7.45. The monoisotopic (exact) mass is 256 g/mol. The number of hydrogen-bond donors (Lipinski definition) is 0. The lowest BCUT2D eigenvalue weighted by atomic mass is 10.1. The molecule has 0 aliphatic carbocycles. The fraction of sp³-hybridized carbons (Fsp3) is 0.571. The Balaban J connectivity index is 2.56. The van der Waals surface area contributed by atoms with Gasteiger partial charge in [-0.3, -0.25) is 0 Å². The number of thioether (sulfide) groups is 1. The zero-order valence-electron chi connectivity index (χ0n) is 10.4. The summed E-state index contributed by atoms with van der Waals surface area (Å²) in [5.41, 5.74) is 1.30. The van der Waals surface area contributed by atoms with Gasteiger partial charge < -0.3 is 0 Å². The van der Waals surface area contributed by atoms with E-state index >= 15 is 0 Å². The molecule has 0 aliphatic heterocycles. The molecule has 16 heavy (non-hydrogen) atoms. The standard InChI is InChI=1S/C14H21ClS/c1-4-11(3)9-10-16-14-8-6-7-13(15)12(14)5-2/h6-8,11H,4-5,9-10H2,1-3H3. The molecule has 0 aliphatic rings. The molecular weight excluding hydrogens is 236 g/mol. The minimum absolute atomic E-state index is 0.830. The summed E-state index contributed by atoms with van der Waals surface area (Å²) >= 11 is 8.13. The zero-order chi connectivity index (χ0) is 12.0. The van der Waals surface area contributed by atoms with Gasteiger partial charge in [0.25, 0.3) is 0 Å². The van der Waals surface area contributed by atoms with Crippen molar-refractivity contribution in [1.29, 1.82) is 0 Å². The molecule has 1 rings (SSSR count). The van der Waals surface area contributed by atoms with Gasteiger partial charge in [-0.2, -0.15) is 0 Å². The lowest BCUT2D eigenvalue weighted by Gasteiger charge is -2.11. The van der Waals surface area contributed by atoms with Crippen LogP contribution in [0, 0.1) is 5.92 Å². The number of halogens is 1. The highest BCUT2D eigenvalue weighted by atomic mass is 35.5. The molecule has 0 aromatic heterocycles. The van der Waals surface area contributed by atoms with Crippen molar-refractivity contribution in [2.45, 2.75) is 44.9 Å². The van der Waals surface area contributed by atoms with Gasteiger partial charge in [0.1, 0.15) is 0 Å². The van der Waals surface area contributed by atoms with Crippen LogP contribution in [0.1, 0.15) is 39.2 Å². The summed E-state index contributed by atoms with van der Waals surface area (Å²) in [4.78, 5) is 1.36. The molecule has 0 heterocycles. The van der Waals surface area contributed by atoms with Crippen molar-refractivity contribution >= 4 is 23.4 Å². The predicted molar refractivity (Wildman–Crippen MR) is 75.6 cm³/mol. The van der Waals surface area contributed by atoms with Crippen LogP contribution in [-0.4, -0.2) is 5.75 Å². The average Bonchev–Trinajstić information content (AvgIpc) is 2.29. The first-order valence-electron chi connectivity index (χ1n) is 6.09. The highest BCUT2D eigenvalue weighted by Crippen LogP contribution is 2.30. The topological polar surface area (TPSA) is 0 Å². The van der Waals surface area contributed by atoms with Gasteiger partial charge in [0, 0.05) is 9.92 Å². The first-order chi connectivity index (χ1) is 7.69. The van der Waals surface area contributed by atoms with Gasteiger partial charge in [-0.15, -0.1) is 11.8 Å². The summed E-state index contributed by atoms with van der Waals surface area (Å²) < 4.78 is 0. The van der Waals surface area contributed by atoms with E-state index in [0.717, 1.165) is 17.4 Å². The Hall–Kier alpha value is -0.140. The van der Waals surface area contributed by atoms with E-state index in [1.165, 1.54) is 29.1 Å². The Morgan fingerprint density at radius 3 is 2.69 bits per heavy atom. The number of benzene rings is 1. The Kier molecular flexibility index (Phi) is 6.30. The molecule has 0 saturated carbocycles. The van der Waals surface area contributed by atoms with Gasteiger partial charge in [0.15, 0.2) is 0 Å². The second-order valence-electron chi connectivity index (χ2n) is 4.22. The molecule has 0 N–H and O–H groups in total. The van der Waals surface area contributed by atoms with Crippen LogP contribution in [0.4, 0.5) is 0 Å². The van der Waals surface area contributed by atoms with E-state index in [4.69, 9.17) is 11.6 Å². The Bertz CT molecular complexity index is 323. The molecule has 0 saturated heterocycles.